The number of amides is 1. The Bertz CT molecular complexity index is 1190. The zero-order valence-corrected chi connectivity index (χ0v) is 19.5. The fourth-order valence-electron chi connectivity index (χ4n) is 3.95. The fraction of sp³-hybridized carbons (Fsp3) is 0.391. The zero-order valence-electron chi connectivity index (χ0n) is 18.6. The predicted octanol–water partition coefficient (Wildman–Crippen LogP) is 3.15. The van der Waals surface area contributed by atoms with Gasteiger partial charge in [-0.3, -0.25) is 9.59 Å². The van der Waals surface area contributed by atoms with E-state index in [-0.39, 0.29) is 24.0 Å². The van der Waals surface area contributed by atoms with Crippen molar-refractivity contribution in [1.82, 2.24) is 4.31 Å². The number of piperidine rings is 1. The van der Waals surface area contributed by atoms with Gasteiger partial charge in [0.15, 0.2) is 17.3 Å². The van der Waals surface area contributed by atoms with Crippen LogP contribution >= 0.6 is 0 Å². The molecule has 0 saturated carbocycles. The lowest BCUT2D eigenvalue weighted by Crippen LogP contribution is -2.36. The number of ether oxygens (including phenoxy) is 2. The lowest BCUT2D eigenvalue weighted by atomic mass is 10.1. The number of carbonyl (C=O) groups is 2. The van der Waals surface area contributed by atoms with Crippen molar-refractivity contribution in [2.75, 3.05) is 37.1 Å². The van der Waals surface area contributed by atoms with Crippen LogP contribution in [0.2, 0.25) is 0 Å². The summed E-state index contributed by atoms with van der Waals surface area (Å²) in [6.07, 6.45) is 2.76. The van der Waals surface area contributed by atoms with Crippen LogP contribution in [-0.2, 0) is 14.8 Å². The van der Waals surface area contributed by atoms with E-state index < -0.39 is 15.9 Å². The summed E-state index contributed by atoms with van der Waals surface area (Å²) < 4.78 is 38.3. The van der Waals surface area contributed by atoms with Crippen LogP contribution in [0, 0.1) is 6.92 Å². The van der Waals surface area contributed by atoms with Crippen molar-refractivity contribution in [3.05, 3.63) is 41.5 Å². The van der Waals surface area contributed by atoms with Crippen LogP contribution in [0.3, 0.4) is 0 Å². The number of nitrogens with one attached hydrogen (secondary N) is 2. The van der Waals surface area contributed by atoms with Gasteiger partial charge in [0.1, 0.15) is 0 Å². The van der Waals surface area contributed by atoms with E-state index in [9.17, 15) is 18.0 Å². The second-order valence-corrected chi connectivity index (χ2v) is 10.1. The van der Waals surface area contributed by atoms with Crippen molar-refractivity contribution < 1.29 is 27.5 Å². The molecule has 0 aromatic heterocycles. The van der Waals surface area contributed by atoms with Gasteiger partial charge in [-0.05, 0) is 50.5 Å². The van der Waals surface area contributed by atoms with E-state index >= 15 is 0 Å². The smallest absolute Gasteiger partial charge is 0.243 e. The van der Waals surface area contributed by atoms with E-state index in [0.29, 0.717) is 47.1 Å². The molecule has 2 heterocycles. The molecule has 176 valence electrons. The van der Waals surface area contributed by atoms with Crippen molar-refractivity contribution in [2.45, 2.75) is 38.0 Å². The Morgan fingerprint density at radius 1 is 1.03 bits per heavy atom. The number of benzene rings is 2. The Morgan fingerprint density at radius 3 is 2.42 bits per heavy atom. The molecular formula is C23H27N3O6S. The molecule has 0 spiro atoms. The topological polar surface area (TPSA) is 114 Å². The van der Waals surface area contributed by atoms with Gasteiger partial charge in [-0.15, -0.1) is 0 Å². The van der Waals surface area contributed by atoms with E-state index in [0.717, 1.165) is 19.3 Å². The van der Waals surface area contributed by atoms with E-state index in [2.05, 4.69) is 10.6 Å². The van der Waals surface area contributed by atoms with Gasteiger partial charge in [0.05, 0.1) is 17.1 Å². The van der Waals surface area contributed by atoms with Crippen molar-refractivity contribution in [2.24, 2.45) is 0 Å². The van der Waals surface area contributed by atoms with Crippen molar-refractivity contribution in [3.8, 4) is 11.5 Å². The van der Waals surface area contributed by atoms with E-state index in [1.54, 1.807) is 37.3 Å². The number of aryl methyl sites for hydroxylation is 1. The molecule has 0 bridgehead atoms. The number of hydrogen-bond acceptors (Lipinski definition) is 7. The highest BCUT2D eigenvalue weighted by Gasteiger charge is 2.27. The summed E-state index contributed by atoms with van der Waals surface area (Å²) in [5, 5.41) is 5.69. The van der Waals surface area contributed by atoms with Crippen LogP contribution in [0.4, 0.5) is 11.4 Å². The molecule has 10 heteroatoms. The van der Waals surface area contributed by atoms with Crippen LogP contribution in [0.1, 0.15) is 42.1 Å². The molecule has 4 rings (SSSR count). The Hall–Kier alpha value is -3.11. The van der Waals surface area contributed by atoms with Gasteiger partial charge >= 0.3 is 0 Å². The number of carbonyl (C=O) groups excluding carboxylic acids is 2. The molecule has 2 N–H and O–H groups in total. The highest BCUT2D eigenvalue weighted by atomic mass is 32.2. The molecule has 9 nitrogen and oxygen atoms in total. The monoisotopic (exact) mass is 473 g/mol. The maximum Gasteiger partial charge on any atom is 0.243 e. The van der Waals surface area contributed by atoms with Crippen LogP contribution in [0.25, 0.3) is 0 Å². The first-order valence-electron chi connectivity index (χ1n) is 10.8. The third-order valence-corrected chi connectivity index (χ3v) is 7.78. The fourth-order valence-corrected chi connectivity index (χ4v) is 5.71. The molecule has 1 amide bonds. The molecule has 33 heavy (non-hydrogen) atoms. The number of Topliss-reactive ketones (excluding diaryl/α,β-unsaturated/α-hetero) is 1. The molecule has 1 saturated heterocycles. The number of fused-ring (bicyclic) bond motifs is 1. The summed E-state index contributed by atoms with van der Waals surface area (Å²) in [4.78, 5) is 24.8. The van der Waals surface area contributed by atoms with Gasteiger partial charge in [-0.25, -0.2) is 8.42 Å². The molecule has 2 aromatic carbocycles. The van der Waals surface area contributed by atoms with Gasteiger partial charge in [0.2, 0.25) is 22.7 Å². The van der Waals surface area contributed by atoms with Crippen LogP contribution in [-0.4, -0.2) is 50.8 Å². The highest BCUT2D eigenvalue weighted by molar-refractivity contribution is 7.89. The Balaban J connectivity index is 1.46. The molecule has 2 aromatic rings. The zero-order chi connectivity index (χ0) is 23.6. The molecular weight excluding hydrogens is 446 g/mol. The Kier molecular flexibility index (Phi) is 6.57. The van der Waals surface area contributed by atoms with E-state index in [4.69, 9.17) is 9.47 Å². The summed E-state index contributed by atoms with van der Waals surface area (Å²) in [6, 6.07) is 8.13. The molecule has 0 unspecified atom stereocenters. The number of rotatable bonds is 7. The second kappa shape index (κ2) is 9.40. The third kappa shape index (κ3) is 4.96. The average molecular weight is 474 g/mol. The molecule has 2 aliphatic heterocycles. The molecule has 0 atom stereocenters. The summed E-state index contributed by atoms with van der Waals surface area (Å²) in [5.74, 6) is 0.299. The number of nitrogens with zero attached hydrogens (tertiary/aromatic N) is 1. The van der Waals surface area contributed by atoms with Crippen molar-refractivity contribution >= 4 is 33.1 Å². The van der Waals surface area contributed by atoms with Crippen molar-refractivity contribution in [1.29, 1.82) is 0 Å². The van der Waals surface area contributed by atoms with Gasteiger partial charge in [0, 0.05) is 30.4 Å². The summed E-state index contributed by atoms with van der Waals surface area (Å²) in [6.45, 7) is 4.16. The van der Waals surface area contributed by atoms with Crippen LogP contribution in [0.5, 0.6) is 11.5 Å². The maximum atomic E-state index is 13.1. The first-order chi connectivity index (χ1) is 15.8. The summed E-state index contributed by atoms with van der Waals surface area (Å²) in [7, 11) is -3.59. The molecule has 0 radical (unpaired) electrons. The SMILES string of the molecule is CC(=O)c1cc2c(cc1NC(=O)CNc1ccc(C)c(S(=O)(=O)N3CCCCC3)c1)OCO2. The minimum Gasteiger partial charge on any atom is -0.454 e. The standard InChI is InChI=1S/C23H27N3O6S/c1-15-6-7-17(10-22(15)33(29,30)26-8-4-3-5-9-26)24-13-23(28)25-19-12-21-20(31-14-32-21)11-18(19)16(2)27/h6-7,10-12,24H,3-5,8-9,13-14H2,1-2H3,(H,25,28). The predicted molar refractivity (Wildman–Crippen MR) is 123 cm³/mol. The number of hydrogen-bond donors (Lipinski definition) is 2. The first-order valence-corrected chi connectivity index (χ1v) is 12.3. The first kappa shape index (κ1) is 23.1. The van der Waals surface area contributed by atoms with E-state index in [1.165, 1.54) is 11.2 Å². The minimum absolute atomic E-state index is 0.0573. The molecule has 0 aliphatic carbocycles. The number of anilines is 2. The van der Waals surface area contributed by atoms with Crippen LogP contribution in [0.15, 0.2) is 35.2 Å². The maximum absolute atomic E-state index is 13.1. The summed E-state index contributed by atoms with van der Waals surface area (Å²) >= 11 is 0. The lowest BCUT2D eigenvalue weighted by Gasteiger charge is -2.26. The number of sulfonamides is 1. The van der Waals surface area contributed by atoms with Crippen LogP contribution < -0.4 is 20.1 Å². The largest absolute Gasteiger partial charge is 0.454 e. The van der Waals surface area contributed by atoms with Crippen molar-refractivity contribution in [3.63, 3.8) is 0 Å². The average Bonchev–Trinajstić information content (AvgIpc) is 3.26. The van der Waals surface area contributed by atoms with Gasteiger partial charge < -0.3 is 20.1 Å². The van der Waals surface area contributed by atoms with E-state index in [1.807, 2.05) is 0 Å². The number of ketones is 1. The second-order valence-electron chi connectivity index (χ2n) is 8.15. The molecule has 2 aliphatic rings. The van der Waals surface area contributed by atoms with Gasteiger partial charge in [-0.2, -0.15) is 4.31 Å². The normalized spacial score (nSPS) is 15.8. The van der Waals surface area contributed by atoms with Gasteiger partial charge in [-0.1, -0.05) is 12.5 Å². The Morgan fingerprint density at radius 2 is 1.73 bits per heavy atom. The summed E-state index contributed by atoms with van der Waals surface area (Å²) in [5.41, 5.74) is 1.82. The quantitative estimate of drug-likeness (QED) is 0.594. The molecule has 1 fully saturated rings. The minimum atomic E-state index is -3.59. The third-order valence-electron chi connectivity index (χ3n) is 5.74. The highest BCUT2D eigenvalue weighted by Crippen LogP contribution is 2.37. The van der Waals surface area contributed by atoms with Gasteiger partial charge in [0.25, 0.3) is 0 Å². The Labute approximate surface area is 193 Å². The lowest BCUT2D eigenvalue weighted by molar-refractivity contribution is -0.114.